The summed E-state index contributed by atoms with van der Waals surface area (Å²) in [6, 6.07) is 2.14. The molecule has 1 saturated carbocycles. The van der Waals surface area contributed by atoms with Crippen molar-refractivity contribution in [3.63, 3.8) is 0 Å². The summed E-state index contributed by atoms with van der Waals surface area (Å²) in [5.74, 6) is 0.568. The molecule has 1 aliphatic rings. The van der Waals surface area contributed by atoms with Crippen molar-refractivity contribution in [2.45, 2.75) is 32.7 Å². The monoisotopic (exact) mass is 275 g/mol. The molecule has 3 N–H and O–H groups in total. The summed E-state index contributed by atoms with van der Waals surface area (Å²) in [5, 5.41) is 3.96. The van der Waals surface area contributed by atoms with E-state index in [0.717, 1.165) is 15.8 Å². The molecule has 0 aromatic carbocycles. The Bertz CT molecular complexity index is 645. The Morgan fingerprint density at radius 1 is 1.58 bits per heavy atom. The molecule has 19 heavy (non-hydrogen) atoms. The number of hydrogen-bond acceptors (Lipinski definition) is 4. The Kier molecular flexibility index (Phi) is 2.93. The van der Waals surface area contributed by atoms with E-state index in [9.17, 15) is 4.79 Å². The first-order valence-corrected chi connectivity index (χ1v) is 7.34. The molecule has 1 amide bonds. The minimum Gasteiger partial charge on any atom is -0.397 e. The Labute approximate surface area is 116 Å². The largest absolute Gasteiger partial charge is 0.397 e. The number of fused-ring (bicyclic) bond motifs is 1. The van der Waals surface area contributed by atoms with Crippen molar-refractivity contribution in [1.82, 2.24) is 10.3 Å². The highest BCUT2D eigenvalue weighted by Crippen LogP contribution is 2.35. The van der Waals surface area contributed by atoms with Gasteiger partial charge in [0, 0.05) is 17.6 Å². The number of thiophene rings is 1. The van der Waals surface area contributed by atoms with Crippen molar-refractivity contribution < 1.29 is 4.79 Å². The van der Waals surface area contributed by atoms with Gasteiger partial charge < -0.3 is 11.1 Å². The standard InChI is InChI=1S/C14H17N3OS/c1-7-5-6-16-14-10(7)11(15)12(19-14)13(18)17-8(2)9-3-4-9/h5-6,8-9H,3-4,15H2,1-2H3,(H,17,18). The molecule has 5 heteroatoms. The number of carbonyl (C=O) groups is 1. The van der Waals surface area contributed by atoms with Crippen LogP contribution >= 0.6 is 11.3 Å². The number of aryl methyl sites for hydroxylation is 1. The van der Waals surface area contributed by atoms with Crippen LogP contribution in [0.3, 0.4) is 0 Å². The molecule has 0 aliphatic heterocycles. The van der Waals surface area contributed by atoms with Gasteiger partial charge >= 0.3 is 0 Å². The smallest absolute Gasteiger partial charge is 0.263 e. The number of anilines is 1. The van der Waals surface area contributed by atoms with Crippen LogP contribution in [0.1, 0.15) is 35.0 Å². The molecule has 0 spiro atoms. The average molecular weight is 275 g/mol. The first kappa shape index (κ1) is 12.4. The lowest BCUT2D eigenvalue weighted by atomic mass is 10.1. The second-order valence-corrected chi connectivity index (χ2v) is 6.25. The SMILES string of the molecule is Cc1ccnc2sc(C(=O)NC(C)C3CC3)c(N)c12. The van der Waals surface area contributed by atoms with Gasteiger partial charge in [0.05, 0.1) is 5.69 Å². The van der Waals surface area contributed by atoms with E-state index in [1.807, 2.05) is 13.0 Å². The van der Waals surface area contributed by atoms with E-state index in [1.165, 1.54) is 24.2 Å². The van der Waals surface area contributed by atoms with Crippen LogP contribution in [-0.4, -0.2) is 16.9 Å². The van der Waals surface area contributed by atoms with Crippen LogP contribution in [0, 0.1) is 12.8 Å². The lowest BCUT2D eigenvalue weighted by molar-refractivity contribution is 0.0941. The quantitative estimate of drug-likeness (QED) is 0.905. The van der Waals surface area contributed by atoms with Gasteiger partial charge in [0.2, 0.25) is 0 Å². The first-order chi connectivity index (χ1) is 9.08. The number of rotatable bonds is 3. The van der Waals surface area contributed by atoms with Crippen molar-refractivity contribution in [2.24, 2.45) is 5.92 Å². The first-order valence-electron chi connectivity index (χ1n) is 6.52. The summed E-state index contributed by atoms with van der Waals surface area (Å²) in [7, 11) is 0. The highest BCUT2D eigenvalue weighted by molar-refractivity contribution is 7.21. The maximum atomic E-state index is 12.3. The maximum Gasteiger partial charge on any atom is 0.263 e. The summed E-state index contributed by atoms with van der Waals surface area (Å²) in [6.45, 7) is 4.05. The van der Waals surface area contributed by atoms with Crippen molar-refractivity contribution in [3.8, 4) is 0 Å². The van der Waals surface area contributed by atoms with E-state index in [2.05, 4.69) is 17.2 Å². The molecule has 0 radical (unpaired) electrons. The molecule has 4 nitrogen and oxygen atoms in total. The second kappa shape index (κ2) is 4.49. The molecule has 1 fully saturated rings. The number of nitrogen functional groups attached to an aromatic ring is 1. The molecule has 1 unspecified atom stereocenters. The minimum atomic E-state index is -0.0701. The summed E-state index contributed by atoms with van der Waals surface area (Å²) >= 11 is 1.37. The maximum absolute atomic E-state index is 12.3. The molecule has 2 heterocycles. The van der Waals surface area contributed by atoms with E-state index in [-0.39, 0.29) is 11.9 Å². The van der Waals surface area contributed by atoms with Crippen molar-refractivity contribution in [1.29, 1.82) is 0 Å². The molecule has 100 valence electrons. The third-order valence-electron chi connectivity index (χ3n) is 3.73. The van der Waals surface area contributed by atoms with Crippen LogP contribution in [0.15, 0.2) is 12.3 Å². The zero-order chi connectivity index (χ0) is 13.6. The molecular weight excluding hydrogens is 258 g/mol. The molecule has 1 atom stereocenters. The number of nitrogens with two attached hydrogens (primary N) is 1. The third kappa shape index (κ3) is 2.18. The van der Waals surface area contributed by atoms with Gasteiger partial charge in [-0.25, -0.2) is 4.98 Å². The predicted molar refractivity (Wildman–Crippen MR) is 78.4 cm³/mol. The fraction of sp³-hybridized carbons (Fsp3) is 0.429. The molecule has 3 rings (SSSR count). The van der Waals surface area contributed by atoms with Crippen LogP contribution in [0.25, 0.3) is 10.2 Å². The number of pyridine rings is 1. The number of nitrogens with one attached hydrogen (secondary N) is 1. The summed E-state index contributed by atoms with van der Waals surface area (Å²) in [6.07, 6.45) is 4.18. The normalized spacial score (nSPS) is 16.5. The van der Waals surface area contributed by atoms with Crippen LogP contribution in [0.4, 0.5) is 5.69 Å². The Morgan fingerprint density at radius 3 is 2.95 bits per heavy atom. The van der Waals surface area contributed by atoms with Gasteiger partial charge in [-0.2, -0.15) is 0 Å². The Hall–Kier alpha value is -1.62. The van der Waals surface area contributed by atoms with Crippen LogP contribution in [0.5, 0.6) is 0 Å². The Morgan fingerprint density at radius 2 is 2.32 bits per heavy atom. The lowest BCUT2D eigenvalue weighted by Crippen LogP contribution is -2.33. The van der Waals surface area contributed by atoms with Crippen LogP contribution in [0.2, 0.25) is 0 Å². The minimum absolute atomic E-state index is 0.0701. The predicted octanol–water partition coefficient (Wildman–Crippen LogP) is 2.72. The molecule has 1 aliphatic carbocycles. The van der Waals surface area contributed by atoms with E-state index in [4.69, 9.17) is 5.73 Å². The fourth-order valence-electron chi connectivity index (χ4n) is 2.36. The van der Waals surface area contributed by atoms with Crippen LogP contribution in [-0.2, 0) is 0 Å². The lowest BCUT2D eigenvalue weighted by Gasteiger charge is -2.11. The van der Waals surface area contributed by atoms with E-state index in [1.54, 1.807) is 6.20 Å². The van der Waals surface area contributed by atoms with Gasteiger partial charge in [-0.15, -0.1) is 11.3 Å². The number of hydrogen-bond donors (Lipinski definition) is 2. The van der Waals surface area contributed by atoms with E-state index >= 15 is 0 Å². The summed E-state index contributed by atoms with van der Waals surface area (Å²) in [4.78, 5) is 18.0. The second-order valence-electron chi connectivity index (χ2n) is 5.25. The number of amides is 1. The van der Waals surface area contributed by atoms with Gasteiger partial charge in [0.1, 0.15) is 9.71 Å². The molecule has 2 aromatic rings. The topological polar surface area (TPSA) is 68.0 Å². The molecule has 0 bridgehead atoms. The van der Waals surface area contributed by atoms with Gasteiger partial charge in [0.15, 0.2) is 0 Å². The third-order valence-corrected chi connectivity index (χ3v) is 4.84. The zero-order valence-electron chi connectivity index (χ0n) is 11.1. The van der Waals surface area contributed by atoms with Crippen molar-refractivity contribution in [3.05, 3.63) is 22.7 Å². The fourth-order valence-corrected chi connectivity index (χ4v) is 3.40. The van der Waals surface area contributed by atoms with Gasteiger partial charge in [-0.3, -0.25) is 4.79 Å². The average Bonchev–Trinajstić information content (AvgIpc) is 3.15. The summed E-state index contributed by atoms with van der Waals surface area (Å²) in [5.41, 5.74) is 7.74. The van der Waals surface area contributed by atoms with E-state index in [0.29, 0.717) is 16.5 Å². The van der Waals surface area contributed by atoms with Gasteiger partial charge in [0.25, 0.3) is 5.91 Å². The number of nitrogens with zero attached hydrogens (tertiary/aromatic N) is 1. The summed E-state index contributed by atoms with van der Waals surface area (Å²) < 4.78 is 0. The zero-order valence-corrected chi connectivity index (χ0v) is 11.9. The Balaban J connectivity index is 1.93. The highest BCUT2D eigenvalue weighted by Gasteiger charge is 2.30. The van der Waals surface area contributed by atoms with Crippen LogP contribution < -0.4 is 11.1 Å². The van der Waals surface area contributed by atoms with Crippen molar-refractivity contribution >= 4 is 33.1 Å². The van der Waals surface area contributed by atoms with Crippen molar-refractivity contribution in [2.75, 3.05) is 5.73 Å². The highest BCUT2D eigenvalue weighted by atomic mass is 32.1. The van der Waals surface area contributed by atoms with Gasteiger partial charge in [-0.05, 0) is 44.2 Å². The molecule has 2 aromatic heterocycles. The molecule has 0 saturated heterocycles. The number of carbonyl (C=O) groups excluding carboxylic acids is 1. The van der Waals surface area contributed by atoms with E-state index < -0.39 is 0 Å². The number of aromatic nitrogens is 1. The molecular formula is C14H17N3OS. The van der Waals surface area contributed by atoms with Gasteiger partial charge in [-0.1, -0.05) is 0 Å².